The molecule has 2 N–H and O–H groups in total. The van der Waals surface area contributed by atoms with E-state index in [1.165, 1.54) is 166 Å². The van der Waals surface area contributed by atoms with E-state index in [4.69, 9.17) is 4.74 Å². The highest BCUT2D eigenvalue weighted by molar-refractivity contribution is 5.35. The van der Waals surface area contributed by atoms with E-state index in [0.29, 0.717) is 13.1 Å². The normalized spacial score (nSPS) is 11.4. The Balaban J connectivity index is 1.67. The third-order valence-electron chi connectivity index (χ3n) is 9.81. The minimum absolute atomic E-state index is 0.115. The summed E-state index contributed by atoms with van der Waals surface area (Å²) in [6.07, 6.45) is 41.9. The van der Waals surface area contributed by atoms with Gasteiger partial charge >= 0.3 is 0 Å². The van der Waals surface area contributed by atoms with E-state index in [-0.39, 0.29) is 11.5 Å². The van der Waals surface area contributed by atoms with Crippen LogP contribution >= 0.6 is 0 Å². The fraction of sp³-hybridized carbons (Fsp3) is 0.762. The molecule has 0 aromatic carbocycles. The van der Waals surface area contributed by atoms with Crippen molar-refractivity contribution in [2.45, 2.75) is 207 Å². The molecule has 0 atom stereocenters. The highest BCUT2D eigenvalue weighted by Crippen LogP contribution is 2.21. The molecule has 2 aromatic rings. The molecule has 7 heteroatoms. The molecule has 0 unspecified atom stereocenters. The summed E-state index contributed by atoms with van der Waals surface area (Å²) in [7, 11) is 0. The summed E-state index contributed by atoms with van der Waals surface area (Å²) < 4.78 is 9.25. The molecule has 49 heavy (non-hydrogen) atoms. The Kier molecular flexibility index (Phi) is 24.3. The lowest BCUT2D eigenvalue weighted by molar-refractivity contribution is 0.412. The molecule has 0 spiro atoms. The second-order valence-electron chi connectivity index (χ2n) is 14.4. The topological polar surface area (TPSA) is 93.7 Å². The second kappa shape index (κ2) is 28.0. The predicted octanol–water partition coefficient (Wildman–Crippen LogP) is 12.2. The second-order valence-corrected chi connectivity index (χ2v) is 14.4. The molecule has 0 saturated heterocycles. The van der Waals surface area contributed by atoms with Gasteiger partial charge in [0.2, 0.25) is 0 Å². The predicted molar refractivity (Wildman–Crippen MR) is 205 cm³/mol. The van der Waals surface area contributed by atoms with Gasteiger partial charge in [0.15, 0.2) is 23.0 Å². The monoisotopic (exact) mass is 685 g/mol. The van der Waals surface area contributed by atoms with E-state index in [0.717, 1.165) is 25.7 Å². The molecule has 2 aromatic heterocycles. The van der Waals surface area contributed by atoms with Crippen LogP contribution in [0.2, 0.25) is 0 Å². The summed E-state index contributed by atoms with van der Waals surface area (Å²) >= 11 is 0. The van der Waals surface area contributed by atoms with Gasteiger partial charge in [-0.15, -0.1) is 0 Å². The van der Waals surface area contributed by atoms with E-state index >= 15 is 0 Å². The number of ether oxygens (including phenoxy) is 1. The van der Waals surface area contributed by atoms with Gasteiger partial charge in [-0.3, -0.25) is 9.59 Å². The number of pyridine rings is 2. The lowest BCUT2D eigenvalue weighted by Gasteiger charge is -2.13. The lowest BCUT2D eigenvalue weighted by Crippen LogP contribution is -2.14. The summed E-state index contributed by atoms with van der Waals surface area (Å²) in [6.45, 7) is 5.82. The Bertz CT molecular complexity index is 1130. The summed E-state index contributed by atoms with van der Waals surface area (Å²) in [6, 6.07) is 0. The van der Waals surface area contributed by atoms with Crippen LogP contribution in [0.1, 0.15) is 194 Å². The van der Waals surface area contributed by atoms with Crippen LogP contribution < -0.4 is 15.6 Å². The SMILES string of the molecule is CCCCCCCCCCCCCCCCn1cc(O)c(=O)c(Oc2cn(CCCCCCCCCCCCCCCC)cc(O)c2=O)c1. The molecule has 7 nitrogen and oxygen atoms in total. The third kappa shape index (κ3) is 19.9. The minimum atomic E-state index is -0.668. The van der Waals surface area contributed by atoms with Gasteiger partial charge in [0.05, 0.1) is 24.8 Å². The number of nitrogens with zero attached hydrogens (tertiary/aromatic N) is 2. The van der Waals surface area contributed by atoms with Crippen molar-refractivity contribution in [1.82, 2.24) is 9.13 Å². The number of rotatable bonds is 32. The molecule has 0 aliphatic carbocycles. The molecular formula is C42H72N2O5. The molecule has 0 saturated carbocycles. The van der Waals surface area contributed by atoms with Gasteiger partial charge in [0.25, 0.3) is 10.9 Å². The maximum atomic E-state index is 12.7. The molecule has 0 aliphatic heterocycles. The lowest BCUT2D eigenvalue weighted by atomic mass is 10.0. The molecule has 0 amide bonds. The summed E-state index contributed by atoms with van der Waals surface area (Å²) in [4.78, 5) is 25.3. The van der Waals surface area contributed by atoms with E-state index in [1.54, 1.807) is 21.5 Å². The first-order valence-corrected chi connectivity index (χ1v) is 20.5. The Morgan fingerprint density at radius 1 is 0.408 bits per heavy atom. The highest BCUT2D eigenvalue weighted by Gasteiger charge is 2.14. The molecule has 0 aliphatic rings. The minimum Gasteiger partial charge on any atom is -0.503 e. The van der Waals surface area contributed by atoms with Gasteiger partial charge < -0.3 is 24.1 Å². The largest absolute Gasteiger partial charge is 0.503 e. The van der Waals surface area contributed by atoms with Crippen LogP contribution in [-0.4, -0.2) is 19.3 Å². The van der Waals surface area contributed by atoms with E-state index < -0.39 is 22.4 Å². The fourth-order valence-corrected chi connectivity index (χ4v) is 6.68. The number of hydrogen-bond donors (Lipinski definition) is 2. The Labute approximate surface area is 298 Å². The number of unbranched alkanes of at least 4 members (excludes halogenated alkanes) is 26. The molecular weight excluding hydrogens is 612 g/mol. The number of aromatic hydroxyl groups is 2. The average molecular weight is 685 g/mol. The standard InChI is InChI=1S/C42H72N2O5/c1-3-5-7-9-11-13-15-17-19-21-23-25-27-29-31-43-33-37(45)41(47)39(35-43)49-40-36-44(34-38(46)42(40)48)32-30-28-26-24-22-20-18-16-14-12-10-8-6-4-2/h33-36,45-46H,3-32H2,1-2H3. The zero-order valence-corrected chi connectivity index (χ0v) is 31.5. The summed E-state index contributed by atoms with van der Waals surface area (Å²) in [5, 5.41) is 20.6. The van der Waals surface area contributed by atoms with Crippen LogP contribution in [-0.2, 0) is 13.1 Å². The van der Waals surface area contributed by atoms with Crippen LogP contribution in [0, 0.1) is 0 Å². The first kappa shape index (κ1) is 42.5. The molecule has 0 fully saturated rings. The van der Waals surface area contributed by atoms with Gasteiger partial charge in [-0.2, -0.15) is 0 Å². The fourth-order valence-electron chi connectivity index (χ4n) is 6.68. The zero-order chi connectivity index (χ0) is 35.4. The molecule has 2 heterocycles. The van der Waals surface area contributed by atoms with Crippen molar-refractivity contribution in [2.24, 2.45) is 0 Å². The van der Waals surface area contributed by atoms with Crippen molar-refractivity contribution in [3.8, 4) is 23.0 Å². The van der Waals surface area contributed by atoms with Crippen LogP contribution in [0.3, 0.4) is 0 Å². The Morgan fingerprint density at radius 3 is 0.918 bits per heavy atom. The molecule has 0 radical (unpaired) electrons. The zero-order valence-electron chi connectivity index (χ0n) is 31.5. The van der Waals surface area contributed by atoms with Crippen molar-refractivity contribution in [3.05, 3.63) is 45.2 Å². The van der Waals surface area contributed by atoms with Crippen molar-refractivity contribution in [1.29, 1.82) is 0 Å². The van der Waals surface area contributed by atoms with Gasteiger partial charge in [-0.25, -0.2) is 0 Å². The van der Waals surface area contributed by atoms with Crippen LogP contribution in [0.5, 0.6) is 23.0 Å². The van der Waals surface area contributed by atoms with Crippen LogP contribution in [0.15, 0.2) is 34.4 Å². The summed E-state index contributed by atoms with van der Waals surface area (Å²) in [5.41, 5.74) is -1.34. The van der Waals surface area contributed by atoms with Gasteiger partial charge in [-0.05, 0) is 12.8 Å². The van der Waals surface area contributed by atoms with E-state index in [2.05, 4.69) is 13.8 Å². The number of aromatic nitrogens is 2. The van der Waals surface area contributed by atoms with Crippen molar-refractivity contribution in [2.75, 3.05) is 0 Å². The van der Waals surface area contributed by atoms with Gasteiger partial charge in [0, 0.05) is 13.1 Å². The van der Waals surface area contributed by atoms with Crippen molar-refractivity contribution < 1.29 is 14.9 Å². The first-order chi connectivity index (χ1) is 24.0. The number of hydrogen-bond acceptors (Lipinski definition) is 5. The van der Waals surface area contributed by atoms with Crippen LogP contribution in [0.4, 0.5) is 0 Å². The number of aryl methyl sites for hydroxylation is 2. The van der Waals surface area contributed by atoms with E-state index in [1.807, 2.05) is 0 Å². The molecule has 0 bridgehead atoms. The third-order valence-corrected chi connectivity index (χ3v) is 9.81. The van der Waals surface area contributed by atoms with E-state index in [9.17, 15) is 19.8 Å². The van der Waals surface area contributed by atoms with Crippen molar-refractivity contribution >= 4 is 0 Å². The maximum Gasteiger partial charge on any atom is 0.265 e. The summed E-state index contributed by atoms with van der Waals surface area (Å²) in [5.74, 6) is -1.05. The molecule has 280 valence electrons. The van der Waals surface area contributed by atoms with Gasteiger partial charge in [0.1, 0.15) is 0 Å². The average Bonchev–Trinajstić information content (AvgIpc) is 3.09. The molecule has 2 rings (SSSR count). The Hall–Kier alpha value is -2.70. The maximum absolute atomic E-state index is 12.7. The highest BCUT2D eigenvalue weighted by atomic mass is 16.5. The first-order valence-electron chi connectivity index (χ1n) is 20.5. The smallest absolute Gasteiger partial charge is 0.265 e. The van der Waals surface area contributed by atoms with Gasteiger partial charge in [-0.1, -0.05) is 181 Å². The Morgan fingerprint density at radius 2 is 0.653 bits per heavy atom. The van der Waals surface area contributed by atoms with Crippen molar-refractivity contribution in [3.63, 3.8) is 0 Å². The van der Waals surface area contributed by atoms with Crippen LogP contribution in [0.25, 0.3) is 0 Å². The quantitative estimate of drug-likeness (QED) is 0.0748.